The van der Waals surface area contributed by atoms with Gasteiger partial charge in [-0.15, -0.1) is 0 Å². The Labute approximate surface area is 173 Å². The van der Waals surface area contributed by atoms with E-state index in [1.807, 2.05) is 6.08 Å². The van der Waals surface area contributed by atoms with E-state index in [0.29, 0.717) is 6.42 Å². The lowest BCUT2D eigenvalue weighted by Gasteiger charge is -2.39. The van der Waals surface area contributed by atoms with Crippen molar-refractivity contribution in [1.29, 1.82) is 0 Å². The van der Waals surface area contributed by atoms with Crippen molar-refractivity contribution in [2.24, 2.45) is 0 Å². The van der Waals surface area contributed by atoms with Crippen LogP contribution in [0.2, 0.25) is 0 Å². The van der Waals surface area contributed by atoms with Crippen molar-refractivity contribution in [3.05, 3.63) is 35.4 Å². The second-order valence-electron chi connectivity index (χ2n) is 9.37. The van der Waals surface area contributed by atoms with E-state index in [4.69, 9.17) is 14.2 Å². The molecule has 0 saturated carbocycles. The number of nitrogens with zero attached hydrogens (tertiary/aromatic N) is 2. The third kappa shape index (κ3) is 3.26. The highest BCUT2D eigenvalue weighted by Crippen LogP contribution is 2.56. The highest BCUT2D eigenvalue weighted by Gasteiger charge is 2.54. The molecule has 4 atom stereocenters. The lowest BCUT2D eigenvalue weighted by molar-refractivity contribution is -0.922. The van der Waals surface area contributed by atoms with Crippen molar-refractivity contribution < 1.29 is 23.8 Å². The second-order valence-corrected chi connectivity index (χ2v) is 9.37. The van der Waals surface area contributed by atoms with Crippen LogP contribution in [0.3, 0.4) is 0 Å². The van der Waals surface area contributed by atoms with Gasteiger partial charge in [0.25, 0.3) is 0 Å². The van der Waals surface area contributed by atoms with Gasteiger partial charge in [-0.05, 0) is 12.1 Å². The van der Waals surface area contributed by atoms with Gasteiger partial charge in [0.2, 0.25) is 0 Å². The molecule has 1 spiro atoms. The van der Waals surface area contributed by atoms with Crippen LogP contribution in [0.4, 0.5) is 0 Å². The monoisotopic (exact) mass is 401 g/mol. The fraction of sp³-hybridized carbons (Fsp3) is 0.652. The summed E-state index contributed by atoms with van der Waals surface area (Å²) in [6.07, 6.45) is 5.44. The Balaban J connectivity index is 1.48. The first-order valence-electron chi connectivity index (χ1n) is 10.9. The second kappa shape index (κ2) is 7.27. The third-order valence-corrected chi connectivity index (χ3v) is 7.48. The standard InChI is InChI=1S/C23H33N2O4/c1-25(12-8-24-9-13-28-14-10-24)11-7-23-6-5-18(26)15-20(23)29-22-19(27-2)4-3-17(16-25)21(22)23/h3-6,18,20,26H,7-16H2,1-2H3/q+1/t18-,20-,23-,25?/m0/s1. The number of morpholine rings is 1. The molecule has 158 valence electrons. The van der Waals surface area contributed by atoms with Crippen molar-refractivity contribution in [1.82, 2.24) is 4.90 Å². The molecule has 1 fully saturated rings. The van der Waals surface area contributed by atoms with Crippen molar-refractivity contribution >= 4 is 0 Å². The van der Waals surface area contributed by atoms with Crippen LogP contribution in [0.5, 0.6) is 11.5 Å². The molecule has 6 nitrogen and oxygen atoms in total. The van der Waals surface area contributed by atoms with E-state index < -0.39 is 6.10 Å². The summed E-state index contributed by atoms with van der Waals surface area (Å²) in [5.41, 5.74) is 2.53. The Morgan fingerprint density at radius 3 is 2.93 bits per heavy atom. The van der Waals surface area contributed by atoms with Crippen molar-refractivity contribution in [2.45, 2.75) is 37.0 Å². The summed E-state index contributed by atoms with van der Waals surface area (Å²) in [6.45, 7) is 8.13. The van der Waals surface area contributed by atoms with Crippen LogP contribution in [-0.2, 0) is 16.7 Å². The number of methoxy groups -OCH3 is 1. The summed E-state index contributed by atoms with van der Waals surface area (Å²) in [7, 11) is 4.10. The van der Waals surface area contributed by atoms with E-state index in [0.717, 1.165) is 74.9 Å². The normalized spacial score (nSPS) is 36.1. The first kappa shape index (κ1) is 19.4. The minimum atomic E-state index is -0.431. The molecule has 0 bridgehead atoms. The molecule has 1 unspecified atom stereocenters. The fourth-order valence-electron chi connectivity index (χ4n) is 5.68. The molecule has 1 aliphatic carbocycles. The summed E-state index contributed by atoms with van der Waals surface area (Å²) in [5.74, 6) is 1.71. The quantitative estimate of drug-likeness (QED) is 0.615. The molecule has 3 aliphatic heterocycles. The first-order chi connectivity index (χ1) is 14.0. The van der Waals surface area contributed by atoms with Crippen molar-refractivity contribution in [3.8, 4) is 11.5 Å². The SMILES string of the molecule is COc1ccc2c3c1O[C@H]1C[C@@H](O)C=C[C@@]31CC[N+](C)(CCN1CCOCC1)C2. The zero-order valence-electron chi connectivity index (χ0n) is 17.6. The van der Waals surface area contributed by atoms with E-state index in [9.17, 15) is 5.11 Å². The van der Waals surface area contributed by atoms with Crippen LogP contribution in [-0.4, -0.2) is 86.8 Å². The summed E-state index contributed by atoms with van der Waals surface area (Å²) in [4.78, 5) is 2.53. The third-order valence-electron chi connectivity index (χ3n) is 7.48. The maximum atomic E-state index is 10.2. The van der Waals surface area contributed by atoms with Crippen molar-refractivity contribution in [2.75, 3.05) is 60.1 Å². The number of aliphatic hydroxyl groups is 1. The number of ether oxygens (including phenoxy) is 3. The summed E-state index contributed by atoms with van der Waals surface area (Å²) in [6, 6.07) is 4.29. The predicted octanol–water partition coefficient (Wildman–Crippen LogP) is 1.70. The molecule has 0 aromatic heterocycles. The molecule has 1 N–H and O–H groups in total. The molecule has 3 heterocycles. The minimum absolute atomic E-state index is 0.0154. The Morgan fingerprint density at radius 2 is 2.14 bits per heavy atom. The smallest absolute Gasteiger partial charge is 0.166 e. The van der Waals surface area contributed by atoms with E-state index in [1.54, 1.807) is 7.11 Å². The van der Waals surface area contributed by atoms with Gasteiger partial charge >= 0.3 is 0 Å². The molecule has 0 amide bonds. The molecule has 0 radical (unpaired) electrons. The van der Waals surface area contributed by atoms with E-state index >= 15 is 0 Å². The molecule has 29 heavy (non-hydrogen) atoms. The summed E-state index contributed by atoms with van der Waals surface area (Å²) < 4.78 is 18.6. The molecule has 6 heteroatoms. The van der Waals surface area contributed by atoms with E-state index in [1.165, 1.54) is 11.1 Å². The van der Waals surface area contributed by atoms with Gasteiger partial charge in [-0.2, -0.15) is 0 Å². The van der Waals surface area contributed by atoms with Gasteiger partial charge in [0.05, 0.1) is 52.0 Å². The van der Waals surface area contributed by atoms with Crippen LogP contribution in [0.15, 0.2) is 24.3 Å². The van der Waals surface area contributed by atoms with E-state index in [-0.39, 0.29) is 11.5 Å². The van der Waals surface area contributed by atoms with Crippen molar-refractivity contribution in [3.63, 3.8) is 0 Å². The Hall–Kier alpha value is -1.60. The zero-order chi connectivity index (χ0) is 20.1. The van der Waals surface area contributed by atoms with Gasteiger partial charge in [-0.1, -0.05) is 12.2 Å². The molecular formula is C23H33N2O4+. The highest BCUT2D eigenvalue weighted by molar-refractivity contribution is 5.60. The van der Waals surface area contributed by atoms with Gasteiger partial charge in [0.1, 0.15) is 12.6 Å². The van der Waals surface area contributed by atoms with Crippen LogP contribution in [0.25, 0.3) is 0 Å². The lowest BCUT2D eigenvalue weighted by Crippen LogP contribution is -2.51. The van der Waals surface area contributed by atoms with Crippen LogP contribution in [0, 0.1) is 0 Å². The van der Waals surface area contributed by atoms with Crippen LogP contribution in [0.1, 0.15) is 24.0 Å². The number of rotatable bonds is 4. The number of aliphatic hydroxyl groups excluding tert-OH is 1. The van der Waals surface area contributed by atoms with E-state index in [2.05, 4.69) is 30.2 Å². The maximum Gasteiger partial charge on any atom is 0.166 e. The maximum absolute atomic E-state index is 10.2. The predicted molar refractivity (Wildman–Crippen MR) is 110 cm³/mol. The number of likely N-dealkylation sites (N-methyl/N-ethyl adjacent to an activating group) is 1. The fourth-order valence-corrected chi connectivity index (χ4v) is 5.68. The Kier molecular flexibility index (Phi) is 4.86. The topological polar surface area (TPSA) is 51.2 Å². The average Bonchev–Trinajstić information content (AvgIpc) is 3.00. The van der Waals surface area contributed by atoms with Gasteiger partial charge in [0.15, 0.2) is 11.5 Å². The summed E-state index contributed by atoms with van der Waals surface area (Å²) >= 11 is 0. The molecule has 1 aromatic carbocycles. The Morgan fingerprint density at radius 1 is 1.31 bits per heavy atom. The zero-order valence-corrected chi connectivity index (χ0v) is 17.6. The van der Waals surface area contributed by atoms with Crippen LogP contribution < -0.4 is 9.47 Å². The number of hydrogen-bond donors (Lipinski definition) is 1. The number of hydrogen-bond acceptors (Lipinski definition) is 5. The number of quaternary nitrogens is 1. The molecule has 1 aromatic rings. The van der Waals surface area contributed by atoms with Gasteiger partial charge < -0.3 is 23.8 Å². The summed E-state index contributed by atoms with van der Waals surface area (Å²) in [5, 5.41) is 10.2. The van der Waals surface area contributed by atoms with Gasteiger partial charge in [0, 0.05) is 43.6 Å². The Bertz CT molecular complexity index is 806. The first-order valence-corrected chi connectivity index (χ1v) is 10.9. The number of benzene rings is 1. The van der Waals surface area contributed by atoms with Crippen LogP contribution >= 0.6 is 0 Å². The molecule has 5 rings (SSSR count). The minimum Gasteiger partial charge on any atom is -0.493 e. The average molecular weight is 402 g/mol. The lowest BCUT2D eigenvalue weighted by atomic mass is 9.69. The molecular weight excluding hydrogens is 368 g/mol. The largest absolute Gasteiger partial charge is 0.493 e. The highest BCUT2D eigenvalue weighted by atomic mass is 16.5. The molecule has 4 aliphatic rings. The van der Waals surface area contributed by atoms with Gasteiger partial charge in [-0.3, -0.25) is 4.90 Å². The van der Waals surface area contributed by atoms with Gasteiger partial charge in [-0.25, -0.2) is 0 Å². The molecule has 1 saturated heterocycles.